The first kappa shape index (κ1) is 25.9. The summed E-state index contributed by atoms with van der Waals surface area (Å²) < 4.78 is 56.2. The van der Waals surface area contributed by atoms with E-state index in [9.17, 15) is 13.5 Å². The SMILES string of the molecule is COCCOC1Oc2ccc3sc(NS(=O)(=O)c4ccc(NCc5cccc(OC)c5O)cc4)nc3c2O1. The zero-order valence-corrected chi connectivity index (χ0v) is 22.1. The third-order valence-corrected chi connectivity index (χ3v) is 8.05. The highest BCUT2D eigenvalue weighted by molar-refractivity contribution is 7.93. The fraction of sp³-hybridized carbons (Fsp3) is 0.240. The van der Waals surface area contributed by atoms with Crippen molar-refractivity contribution in [3.05, 3.63) is 60.2 Å². The van der Waals surface area contributed by atoms with Crippen molar-refractivity contribution in [3.8, 4) is 23.0 Å². The number of nitrogens with one attached hydrogen (secondary N) is 2. The molecule has 5 rings (SSSR count). The maximum Gasteiger partial charge on any atom is 0.361 e. The lowest BCUT2D eigenvalue weighted by atomic mass is 10.2. The van der Waals surface area contributed by atoms with E-state index in [1.54, 1.807) is 49.6 Å². The van der Waals surface area contributed by atoms with E-state index in [0.717, 1.165) is 4.70 Å². The van der Waals surface area contributed by atoms with Crippen molar-refractivity contribution in [1.82, 2.24) is 4.98 Å². The van der Waals surface area contributed by atoms with Crippen LogP contribution in [0.4, 0.5) is 10.8 Å². The molecule has 0 spiro atoms. The lowest BCUT2D eigenvalue weighted by Crippen LogP contribution is -2.23. The molecule has 1 aromatic heterocycles. The standard InChI is InChI=1S/C25H25N3O8S2/c1-32-12-13-34-25-35-19-10-11-20-21(23(19)36-25)27-24(37-20)28-38(30,31)17-8-6-16(7-9-17)26-14-15-4-3-5-18(33-2)22(15)29/h3-11,25-26,29H,12-14H2,1-2H3,(H,27,28). The number of ether oxygens (including phenoxy) is 5. The molecule has 38 heavy (non-hydrogen) atoms. The maximum atomic E-state index is 13.0. The molecule has 0 aliphatic carbocycles. The Labute approximate surface area is 222 Å². The van der Waals surface area contributed by atoms with E-state index in [4.69, 9.17) is 23.7 Å². The first-order valence-corrected chi connectivity index (χ1v) is 13.8. The summed E-state index contributed by atoms with van der Waals surface area (Å²) in [4.78, 5) is 4.50. The molecule has 0 fully saturated rings. The number of hydrogen-bond acceptors (Lipinski definition) is 11. The van der Waals surface area contributed by atoms with Crippen LogP contribution < -0.4 is 24.2 Å². The molecule has 1 unspecified atom stereocenters. The molecule has 1 atom stereocenters. The van der Waals surface area contributed by atoms with Crippen LogP contribution in [0.25, 0.3) is 10.2 Å². The van der Waals surface area contributed by atoms with Gasteiger partial charge in [-0.3, -0.25) is 4.72 Å². The van der Waals surface area contributed by atoms with Gasteiger partial charge in [0.2, 0.25) is 0 Å². The zero-order valence-electron chi connectivity index (χ0n) is 20.5. The van der Waals surface area contributed by atoms with Crippen molar-refractivity contribution >= 4 is 42.4 Å². The van der Waals surface area contributed by atoms with Crippen molar-refractivity contribution in [2.75, 3.05) is 37.5 Å². The molecular weight excluding hydrogens is 534 g/mol. The number of thiazole rings is 1. The van der Waals surface area contributed by atoms with Gasteiger partial charge in [-0.15, -0.1) is 0 Å². The highest BCUT2D eigenvalue weighted by Crippen LogP contribution is 2.43. The first-order valence-electron chi connectivity index (χ1n) is 11.5. The van der Waals surface area contributed by atoms with Gasteiger partial charge < -0.3 is 34.1 Å². The fourth-order valence-electron chi connectivity index (χ4n) is 3.72. The number of methoxy groups -OCH3 is 2. The number of anilines is 2. The number of aromatic hydroxyl groups is 1. The molecule has 2 heterocycles. The lowest BCUT2D eigenvalue weighted by Gasteiger charge is -2.11. The number of para-hydroxylation sites is 1. The molecule has 0 saturated heterocycles. The van der Waals surface area contributed by atoms with Crippen LogP contribution in [0.2, 0.25) is 0 Å². The van der Waals surface area contributed by atoms with E-state index in [2.05, 4.69) is 15.0 Å². The highest BCUT2D eigenvalue weighted by Gasteiger charge is 2.29. The second-order valence-electron chi connectivity index (χ2n) is 8.10. The van der Waals surface area contributed by atoms with Gasteiger partial charge in [-0.2, -0.15) is 0 Å². The summed E-state index contributed by atoms with van der Waals surface area (Å²) in [5.41, 5.74) is 1.80. The monoisotopic (exact) mass is 559 g/mol. The minimum atomic E-state index is -3.90. The molecule has 1 aliphatic heterocycles. The van der Waals surface area contributed by atoms with Crippen LogP contribution in [-0.2, 0) is 26.0 Å². The van der Waals surface area contributed by atoms with E-state index >= 15 is 0 Å². The average molecular weight is 560 g/mol. The van der Waals surface area contributed by atoms with Crippen LogP contribution in [0.5, 0.6) is 23.0 Å². The lowest BCUT2D eigenvalue weighted by molar-refractivity contribution is -0.182. The molecule has 0 amide bonds. The third kappa shape index (κ3) is 5.41. The van der Waals surface area contributed by atoms with Gasteiger partial charge in [0.25, 0.3) is 10.0 Å². The molecule has 13 heteroatoms. The van der Waals surface area contributed by atoms with Gasteiger partial charge in [0.15, 0.2) is 28.1 Å². The Morgan fingerprint density at radius 2 is 1.87 bits per heavy atom. The second kappa shape index (κ2) is 10.9. The molecule has 0 bridgehead atoms. The van der Waals surface area contributed by atoms with Crippen LogP contribution in [0.15, 0.2) is 59.5 Å². The van der Waals surface area contributed by atoms with Crippen LogP contribution in [0, 0.1) is 0 Å². The van der Waals surface area contributed by atoms with Crippen molar-refractivity contribution in [1.29, 1.82) is 0 Å². The van der Waals surface area contributed by atoms with E-state index in [1.165, 1.54) is 30.6 Å². The number of phenols is 1. The molecule has 1 aliphatic rings. The minimum Gasteiger partial charge on any atom is -0.504 e. The molecular formula is C25H25N3O8S2. The van der Waals surface area contributed by atoms with Gasteiger partial charge in [0, 0.05) is 24.9 Å². The van der Waals surface area contributed by atoms with E-state index in [0.29, 0.717) is 47.2 Å². The Bertz CT molecular complexity index is 1540. The van der Waals surface area contributed by atoms with Gasteiger partial charge in [0.05, 0.1) is 29.9 Å². The van der Waals surface area contributed by atoms with E-state index in [-0.39, 0.29) is 22.4 Å². The van der Waals surface area contributed by atoms with Crippen LogP contribution in [0.1, 0.15) is 5.56 Å². The molecule has 3 aromatic carbocycles. The average Bonchev–Trinajstić information content (AvgIpc) is 3.51. The molecule has 3 N–H and O–H groups in total. The maximum absolute atomic E-state index is 13.0. The number of benzene rings is 3. The summed E-state index contributed by atoms with van der Waals surface area (Å²) in [5.74, 6) is 1.29. The summed E-state index contributed by atoms with van der Waals surface area (Å²) in [6.45, 7) is 0.0826. The van der Waals surface area contributed by atoms with Crippen LogP contribution in [-0.4, -0.2) is 52.4 Å². The number of rotatable bonds is 11. The summed E-state index contributed by atoms with van der Waals surface area (Å²) in [6.07, 6.45) is 0. The molecule has 4 aromatic rings. The van der Waals surface area contributed by atoms with E-state index in [1.807, 2.05) is 0 Å². The number of sulfonamides is 1. The zero-order chi connectivity index (χ0) is 26.7. The largest absolute Gasteiger partial charge is 0.504 e. The second-order valence-corrected chi connectivity index (χ2v) is 10.8. The topological polar surface area (TPSA) is 137 Å². The van der Waals surface area contributed by atoms with Gasteiger partial charge >= 0.3 is 6.48 Å². The van der Waals surface area contributed by atoms with Crippen molar-refractivity contribution in [2.45, 2.75) is 17.9 Å². The Morgan fingerprint density at radius 1 is 1.05 bits per heavy atom. The quantitative estimate of drug-likeness (QED) is 0.230. The molecule has 11 nitrogen and oxygen atoms in total. The van der Waals surface area contributed by atoms with Crippen LogP contribution in [0.3, 0.4) is 0 Å². The fourth-order valence-corrected chi connectivity index (χ4v) is 5.82. The number of hydrogen-bond donors (Lipinski definition) is 3. The Kier molecular flexibility index (Phi) is 7.42. The van der Waals surface area contributed by atoms with Gasteiger partial charge in [-0.05, 0) is 42.5 Å². The first-order chi connectivity index (χ1) is 18.4. The number of phenolic OH excluding ortho intramolecular Hbond substituents is 1. The van der Waals surface area contributed by atoms with Gasteiger partial charge in [-0.25, -0.2) is 13.4 Å². The Hall–Kier alpha value is -3.78. The molecule has 0 saturated carbocycles. The number of nitrogens with zero attached hydrogens (tertiary/aromatic N) is 1. The summed E-state index contributed by atoms with van der Waals surface area (Å²) in [7, 11) is -0.846. The van der Waals surface area contributed by atoms with Crippen LogP contribution >= 0.6 is 11.3 Å². The van der Waals surface area contributed by atoms with Gasteiger partial charge in [0.1, 0.15) is 5.52 Å². The number of fused-ring (bicyclic) bond motifs is 3. The normalized spacial score (nSPS) is 14.5. The minimum absolute atomic E-state index is 0.0541. The molecule has 0 radical (unpaired) electrons. The molecule has 200 valence electrons. The van der Waals surface area contributed by atoms with E-state index < -0.39 is 16.5 Å². The summed E-state index contributed by atoms with van der Waals surface area (Å²) in [6, 6.07) is 15.0. The number of aromatic nitrogens is 1. The predicted octanol–water partition coefficient (Wildman–Crippen LogP) is 4.14. The smallest absolute Gasteiger partial charge is 0.361 e. The third-order valence-electron chi connectivity index (χ3n) is 5.63. The Morgan fingerprint density at radius 3 is 2.63 bits per heavy atom. The van der Waals surface area contributed by atoms with Crippen molar-refractivity contribution in [2.24, 2.45) is 0 Å². The summed E-state index contributed by atoms with van der Waals surface area (Å²) in [5, 5.41) is 13.6. The van der Waals surface area contributed by atoms with Crippen molar-refractivity contribution in [3.63, 3.8) is 0 Å². The van der Waals surface area contributed by atoms with Gasteiger partial charge in [-0.1, -0.05) is 23.5 Å². The Balaban J connectivity index is 1.26. The predicted molar refractivity (Wildman–Crippen MR) is 142 cm³/mol. The summed E-state index contributed by atoms with van der Waals surface area (Å²) >= 11 is 1.18. The van der Waals surface area contributed by atoms with Crippen molar-refractivity contribution < 1.29 is 37.2 Å². The highest BCUT2D eigenvalue weighted by atomic mass is 32.2.